The average molecular weight is 238 g/mol. The Balaban J connectivity index is 2.60. The lowest BCUT2D eigenvalue weighted by molar-refractivity contribution is 0.202. The van der Waals surface area contributed by atoms with E-state index >= 15 is 0 Å². The van der Waals surface area contributed by atoms with E-state index in [1.807, 2.05) is 38.2 Å². The van der Waals surface area contributed by atoms with Crippen molar-refractivity contribution in [1.29, 1.82) is 0 Å². The van der Waals surface area contributed by atoms with Crippen LogP contribution in [-0.4, -0.2) is 38.0 Å². The lowest BCUT2D eigenvalue weighted by Gasteiger charge is -2.26. The molecule has 0 fully saturated rings. The molecule has 0 spiro atoms. The summed E-state index contributed by atoms with van der Waals surface area (Å²) < 4.78 is 5.18. The van der Waals surface area contributed by atoms with Crippen LogP contribution in [0, 0.1) is 0 Å². The summed E-state index contributed by atoms with van der Waals surface area (Å²) in [5.41, 5.74) is 6.46. The Labute approximate surface area is 103 Å². The highest BCUT2D eigenvalue weighted by Gasteiger charge is 2.17. The van der Waals surface area contributed by atoms with Crippen LogP contribution in [0.15, 0.2) is 24.3 Å². The summed E-state index contributed by atoms with van der Waals surface area (Å²) in [7, 11) is 3.66. The molecular weight excluding hydrogens is 216 g/mol. The molecule has 0 amide bonds. The van der Waals surface area contributed by atoms with E-state index in [1.54, 1.807) is 7.11 Å². The van der Waals surface area contributed by atoms with Crippen molar-refractivity contribution in [3.63, 3.8) is 0 Å². The molecule has 4 nitrogen and oxygen atoms in total. The summed E-state index contributed by atoms with van der Waals surface area (Å²) in [4.78, 5) is 2.10. The van der Waals surface area contributed by atoms with Gasteiger partial charge in [-0.25, -0.2) is 0 Å². The van der Waals surface area contributed by atoms with Crippen molar-refractivity contribution in [3.05, 3.63) is 24.3 Å². The molecule has 0 aliphatic carbocycles. The van der Waals surface area contributed by atoms with Crippen LogP contribution in [0.1, 0.15) is 13.3 Å². The number of anilines is 1. The minimum Gasteiger partial charge on any atom is -0.497 e. The monoisotopic (exact) mass is 238 g/mol. The van der Waals surface area contributed by atoms with Gasteiger partial charge in [0.1, 0.15) is 5.75 Å². The van der Waals surface area contributed by atoms with Gasteiger partial charge >= 0.3 is 0 Å². The topological polar surface area (TPSA) is 58.7 Å². The van der Waals surface area contributed by atoms with Gasteiger partial charge in [0.2, 0.25) is 0 Å². The highest BCUT2D eigenvalue weighted by molar-refractivity contribution is 5.50. The highest BCUT2D eigenvalue weighted by atomic mass is 16.5. The van der Waals surface area contributed by atoms with Gasteiger partial charge in [-0.05, 0) is 25.5 Å². The molecule has 96 valence electrons. The first-order valence-corrected chi connectivity index (χ1v) is 5.73. The quantitative estimate of drug-likeness (QED) is 0.782. The Morgan fingerprint density at radius 2 is 2.18 bits per heavy atom. The highest BCUT2D eigenvalue weighted by Crippen LogP contribution is 2.20. The molecule has 0 saturated heterocycles. The number of aliphatic hydroxyl groups excluding tert-OH is 1. The van der Waals surface area contributed by atoms with E-state index in [1.165, 1.54) is 0 Å². The normalized spacial score (nSPS) is 14.2. The first-order chi connectivity index (χ1) is 7.98. The number of hydrogen-bond acceptors (Lipinski definition) is 4. The molecule has 1 unspecified atom stereocenters. The number of methoxy groups -OCH3 is 1. The summed E-state index contributed by atoms with van der Waals surface area (Å²) in [6, 6.07) is 7.87. The molecule has 0 aromatic heterocycles. The molecule has 17 heavy (non-hydrogen) atoms. The standard InChI is InChI=1S/C13H22N2O2/c1-13(14,10-16)7-8-15(2)11-5-4-6-12(9-11)17-3/h4-6,9,16H,7-8,10,14H2,1-3H3. The molecule has 1 aromatic carbocycles. The fourth-order valence-electron chi connectivity index (χ4n) is 1.48. The van der Waals surface area contributed by atoms with E-state index < -0.39 is 5.54 Å². The number of rotatable bonds is 6. The van der Waals surface area contributed by atoms with Crippen LogP contribution in [0.25, 0.3) is 0 Å². The predicted molar refractivity (Wildman–Crippen MR) is 70.6 cm³/mol. The smallest absolute Gasteiger partial charge is 0.120 e. The lowest BCUT2D eigenvalue weighted by Crippen LogP contribution is -2.43. The third-order valence-electron chi connectivity index (χ3n) is 2.87. The van der Waals surface area contributed by atoms with E-state index in [0.717, 1.165) is 24.4 Å². The van der Waals surface area contributed by atoms with Gasteiger partial charge < -0.3 is 20.5 Å². The summed E-state index contributed by atoms with van der Waals surface area (Å²) in [5, 5.41) is 9.10. The SMILES string of the molecule is COc1cccc(N(C)CCC(C)(N)CO)c1. The maximum Gasteiger partial charge on any atom is 0.120 e. The molecule has 0 bridgehead atoms. The number of ether oxygens (including phenoxy) is 1. The molecule has 0 radical (unpaired) electrons. The second-order valence-electron chi connectivity index (χ2n) is 4.69. The number of aliphatic hydroxyl groups is 1. The Morgan fingerprint density at radius 3 is 2.76 bits per heavy atom. The van der Waals surface area contributed by atoms with Crippen molar-refractivity contribution in [1.82, 2.24) is 0 Å². The Kier molecular flexibility index (Phi) is 4.78. The molecule has 4 heteroatoms. The predicted octanol–water partition coefficient (Wildman–Crippen LogP) is 1.23. The minimum absolute atomic E-state index is 0.00104. The van der Waals surface area contributed by atoms with Crippen LogP contribution < -0.4 is 15.4 Å². The maximum absolute atomic E-state index is 9.10. The van der Waals surface area contributed by atoms with Gasteiger partial charge in [0.25, 0.3) is 0 Å². The maximum atomic E-state index is 9.10. The van der Waals surface area contributed by atoms with Crippen LogP contribution in [-0.2, 0) is 0 Å². The third-order valence-corrected chi connectivity index (χ3v) is 2.87. The third kappa shape index (κ3) is 4.24. The van der Waals surface area contributed by atoms with Crippen LogP contribution in [0.5, 0.6) is 5.75 Å². The first-order valence-electron chi connectivity index (χ1n) is 5.73. The van der Waals surface area contributed by atoms with Crippen molar-refractivity contribution in [2.75, 3.05) is 32.2 Å². The molecule has 0 aliphatic rings. The van der Waals surface area contributed by atoms with Crippen LogP contribution in [0.3, 0.4) is 0 Å². The Morgan fingerprint density at radius 1 is 1.47 bits per heavy atom. The van der Waals surface area contributed by atoms with E-state index in [9.17, 15) is 0 Å². The fourth-order valence-corrected chi connectivity index (χ4v) is 1.48. The first kappa shape index (κ1) is 13.8. The van der Waals surface area contributed by atoms with Gasteiger partial charge in [0, 0.05) is 30.9 Å². The second kappa shape index (κ2) is 5.89. The van der Waals surface area contributed by atoms with Crippen LogP contribution >= 0.6 is 0 Å². The van der Waals surface area contributed by atoms with Gasteiger partial charge in [-0.15, -0.1) is 0 Å². The summed E-state index contributed by atoms with van der Waals surface area (Å²) in [6.45, 7) is 2.64. The number of nitrogens with two attached hydrogens (primary N) is 1. The molecule has 3 N–H and O–H groups in total. The zero-order chi connectivity index (χ0) is 12.9. The van der Waals surface area contributed by atoms with Crippen molar-refractivity contribution in [3.8, 4) is 5.75 Å². The Bertz CT molecular complexity index is 353. The molecule has 0 aliphatic heterocycles. The van der Waals surface area contributed by atoms with Gasteiger partial charge in [0.05, 0.1) is 13.7 Å². The molecule has 0 heterocycles. The van der Waals surface area contributed by atoms with E-state index in [2.05, 4.69) is 4.90 Å². The molecule has 1 atom stereocenters. The number of benzene rings is 1. The fraction of sp³-hybridized carbons (Fsp3) is 0.538. The summed E-state index contributed by atoms with van der Waals surface area (Å²) in [6.07, 6.45) is 0.733. The van der Waals surface area contributed by atoms with E-state index in [4.69, 9.17) is 15.6 Å². The van der Waals surface area contributed by atoms with Crippen molar-refractivity contribution in [2.24, 2.45) is 5.73 Å². The number of hydrogen-bond donors (Lipinski definition) is 2. The molecule has 0 saturated carbocycles. The summed E-state index contributed by atoms with van der Waals surface area (Å²) >= 11 is 0. The van der Waals surface area contributed by atoms with Gasteiger partial charge in [-0.2, -0.15) is 0 Å². The van der Waals surface area contributed by atoms with E-state index in [-0.39, 0.29) is 6.61 Å². The molecule has 1 aromatic rings. The lowest BCUT2D eigenvalue weighted by atomic mass is 10.0. The van der Waals surface area contributed by atoms with Crippen molar-refractivity contribution >= 4 is 5.69 Å². The molecular formula is C13H22N2O2. The molecule has 1 rings (SSSR count). The van der Waals surface area contributed by atoms with Crippen LogP contribution in [0.4, 0.5) is 5.69 Å². The summed E-state index contributed by atoms with van der Waals surface area (Å²) in [5.74, 6) is 0.840. The second-order valence-corrected chi connectivity index (χ2v) is 4.69. The zero-order valence-corrected chi connectivity index (χ0v) is 10.8. The van der Waals surface area contributed by atoms with Crippen molar-refractivity contribution < 1.29 is 9.84 Å². The average Bonchev–Trinajstić information content (AvgIpc) is 2.36. The van der Waals surface area contributed by atoms with Crippen molar-refractivity contribution in [2.45, 2.75) is 18.9 Å². The Hall–Kier alpha value is -1.26. The number of nitrogens with zero attached hydrogens (tertiary/aromatic N) is 1. The van der Waals surface area contributed by atoms with Crippen LogP contribution in [0.2, 0.25) is 0 Å². The zero-order valence-electron chi connectivity index (χ0n) is 10.8. The van der Waals surface area contributed by atoms with Gasteiger partial charge in [0.15, 0.2) is 0 Å². The van der Waals surface area contributed by atoms with E-state index in [0.29, 0.717) is 0 Å². The minimum atomic E-state index is -0.521. The van der Waals surface area contributed by atoms with Gasteiger partial charge in [-0.3, -0.25) is 0 Å². The van der Waals surface area contributed by atoms with Gasteiger partial charge in [-0.1, -0.05) is 6.07 Å². The largest absolute Gasteiger partial charge is 0.497 e.